The molecule has 1 unspecified atom stereocenters. The van der Waals surface area contributed by atoms with Crippen molar-refractivity contribution in [3.8, 4) is 6.07 Å². The van der Waals surface area contributed by atoms with Crippen LogP contribution >= 0.6 is 0 Å². The predicted octanol–water partition coefficient (Wildman–Crippen LogP) is 1.84. The Morgan fingerprint density at radius 1 is 1.62 bits per heavy atom. The minimum Gasteiger partial charge on any atom is -0.356 e. The summed E-state index contributed by atoms with van der Waals surface area (Å²) in [6, 6.07) is 2.04. The second-order valence-corrected chi connectivity index (χ2v) is 3.33. The van der Waals surface area contributed by atoms with Crippen LogP contribution in [0.5, 0.6) is 0 Å². The van der Waals surface area contributed by atoms with Gasteiger partial charge < -0.3 is 5.32 Å². The molecule has 1 atom stereocenters. The van der Waals surface area contributed by atoms with Gasteiger partial charge in [0, 0.05) is 19.4 Å². The molecule has 0 saturated heterocycles. The Hall–Kier alpha value is -1.04. The van der Waals surface area contributed by atoms with Gasteiger partial charge in [-0.2, -0.15) is 5.26 Å². The molecule has 74 valence electrons. The summed E-state index contributed by atoms with van der Waals surface area (Å²) in [6.45, 7) is 4.77. The van der Waals surface area contributed by atoms with Crippen molar-refractivity contribution >= 4 is 5.91 Å². The lowest BCUT2D eigenvalue weighted by molar-refractivity contribution is -0.121. The number of hydrogen-bond donors (Lipinski definition) is 1. The minimum atomic E-state index is 0.104. The molecule has 0 aromatic carbocycles. The van der Waals surface area contributed by atoms with Gasteiger partial charge in [0.15, 0.2) is 0 Å². The zero-order valence-electron chi connectivity index (χ0n) is 8.47. The third-order valence-corrected chi connectivity index (χ3v) is 2.02. The van der Waals surface area contributed by atoms with Crippen LogP contribution < -0.4 is 5.32 Å². The molecule has 0 rings (SSSR count). The Kier molecular flexibility index (Phi) is 6.99. The Balaban J connectivity index is 3.36. The van der Waals surface area contributed by atoms with Crippen LogP contribution in [-0.2, 0) is 4.79 Å². The molecular weight excluding hydrogens is 164 g/mol. The molecule has 0 aliphatic rings. The normalized spacial score (nSPS) is 11.8. The molecule has 0 bridgehead atoms. The number of nitriles is 1. The highest BCUT2D eigenvalue weighted by Gasteiger charge is 2.05. The fourth-order valence-corrected chi connectivity index (χ4v) is 0.928. The molecular formula is C10H18N2O. The van der Waals surface area contributed by atoms with Crippen LogP contribution in [0.1, 0.15) is 39.5 Å². The lowest BCUT2D eigenvalue weighted by atomic mass is 10.1. The van der Waals surface area contributed by atoms with Gasteiger partial charge in [0.2, 0.25) is 5.91 Å². The Labute approximate surface area is 80.1 Å². The molecule has 0 radical (unpaired) electrons. The van der Waals surface area contributed by atoms with Crippen molar-refractivity contribution in [2.45, 2.75) is 39.5 Å². The molecule has 0 aliphatic heterocycles. The van der Waals surface area contributed by atoms with Gasteiger partial charge >= 0.3 is 0 Å². The maximum atomic E-state index is 11.2. The highest BCUT2D eigenvalue weighted by molar-refractivity contribution is 5.76. The van der Waals surface area contributed by atoms with E-state index in [0.717, 1.165) is 12.8 Å². The van der Waals surface area contributed by atoms with Crippen molar-refractivity contribution in [2.24, 2.45) is 5.92 Å². The number of unbranched alkanes of at least 4 members (excludes halogenated alkanes) is 1. The van der Waals surface area contributed by atoms with Crippen LogP contribution in [0, 0.1) is 17.2 Å². The second kappa shape index (κ2) is 7.60. The van der Waals surface area contributed by atoms with E-state index in [1.807, 2.05) is 6.07 Å². The molecule has 3 nitrogen and oxygen atoms in total. The summed E-state index contributed by atoms with van der Waals surface area (Å²) in [6.07, 6.45) is 2.90. The van der Waals surface area contributed by atoms with E-state index in [0.29, 0.717) is 25.3 Å². The maximum Gasteiger partial charge on any atom is 0.220 e. The van der Waals surface area contributed by atoms with Crippen molar-refractivity contribution in [1.82, 2.24) is 5.32 Å². The lowest BCUT2D eigenvalue weighted by Gasteiger charge is -2.07. The topological polar surface area (TPSA) is 52.9 Å². The third kappa shape index (κ3) is 7.32. The molecule has 0 saturated carbocycles. The quantitative estimate of drug-likeness (QED) is 0.637. The Morgan fingerprint density at radius 2 is 2.31 bits per heavy atom. The molecule has 0 aromatic rings. The summed E-state index contributed by atoms with van der Waals surface area (Å²) >= 11 is 0. The number of nitrogens with zero attached hydrogens (tertiary/aromatic N) is 1. The van der Waals surface area contributed by atoms with E-state index in [4.69, 9.17) is 5.26 Å². The van der Waals surface area contributed by atoms with Crippen LogP contribution in [0.3, 0.4) is 0 Å². The molecule has 3 heteroatoms. The van der Waals surface area contributed by atoms with Gasteiger partial charge in [-0.15, -0.1) is 0 Å². The highest BCUT2D eigenvalue weighted by atomic mass is 16.1. The molecule has 0 fully saturated rings. The molecule has 1 N–H and O–H groups in total. The number of nitrogens with one attached hydrogen (secondary N) is 1. The average molecular weight is 182 g/mol. The van der Waals surface area contributed by atoms with Gasteiger partial charge in [0.25, 0.3) is 0 Å². The number of rotatable bonds is 6. The molecule has 0 spiro atoms. The summed E-state index contributed by atoms with van der Waals surface area (Å²) in [5, 5.41) is 11.0. The maximum absolute atomic E-state index is 11.2. The zero-order valence-corrected chi connectivity index (χ0v) is 8.47. The minimum absolute atomic E-state index is 0.104. The van der Waals surface area contributed by atoms with Crippen LogP contribution in [0.25, 0.3) is 0 Å². The Morgan fingerprint density at radius 3 is 2.85 bits per heavy atom. The van der Waals surface area contributed by atoms with E-state index in [9.17, 15) is 4.79 Å². The van der Waals surface area contributed by atoms with Gasteiger partial charge in [0.1, 0.15) is 0 Å². The SMILES string of the molecule is CCC(C)CC(=O)NCCCC#N. The zero-order chi connectivity index (χ0) is 10.1. The summed E-state index contributed by atoms with van der Waals surface area (Å²) in [7, 11) is 0. The Bertz CT molecular complexity index is 184. The first-order valence-corrected chi connectivity index (χ1v) is 4.84. The van der Waals surface area contributed by atoms with Gasteiger partial charge in [-0.1, -0.05) is 20.3 Å². The van der Waals surface area contributed by atoms with Gasteiger partial charge in [-0.3, -0.25) is 4.79 Å². The number of carbonyl (C=O) groups excluding carboxylic acids is 1. The predicted molar refractivity (Wildman–Crippen MR) is 51.9 cm³/mol. The van der Waals surface area contributed by atoms with Crippen LogP contribution in [0.2, 0.25) is 0 Å². The first-order chi connectivity index (χ1) is 6.20. The average Bonchev–Trinajstić information content (AvgIpc) is 2.12. The molecule has 13 heavy (non-hydrogen) atoms. The fraction of sp³-hybridized carbons (Fsp3) is 0.800. The first kappa shape index (κ1) is 12.0. The standard InChI is InChI=1S/C10H18N2O/c1-3-9(2)8-10(13)12-7-5-4-6-11/h9H,3-5,7-8H2,1-2H3,(H,12,13). The summed E-state index contributed by atoms with van der Waals surface area (Å²) in [4.78, 5) is 11.2. The fourth-order valence-electron chi connectivity index (χ4n) is 0.928. The number of hydrogen-bond acceptors (Lipinski definition) is 2. The summed E-state index contributed by atoms with van der Waals surface area (Å²) < 4.78 is 0. The van der Waals surface area contributed by atoms with E-state index in [1.165, 1.54) is 0 Å². The monoisotopic (exact) mass is 182 g/mol. The second-order valence-electron chi connectivity index (χ2n) is 3.33. The van der Waals surface area contributed by atoms with E-state index in [2.05, 4.69) is 19.2 Å². The van der Waals surface area contributed by atoms with Gasteiger partial charge in [-0.25, -0.2) is 0 Å². The van der Waals surface area contributed by atoms with Crippen molar-refractivity contribution in [2.75, 3.05) is 6.54 Å². The van der Waals surface area contributed by atoms with Crippen molar-refractivity contribution < 1.29 is 4.79 Å². The van der Waals surface area contributed by atoms with E-state index in [1.54, 1.807) is 0 Å². The van der Waals surface area contributed by atoms with Crippen LogP contribution in [0.4, 0.5) is 0 Å². The summed E-state index contributed by atoms with van der Waals surface area (Å²) in [5.74, 6) is 0.559. The third-order valence-electron chi connectivity index (χ3n) is 2.02. The molecule has 0 aliphatic carbocycles. The van der Waals surface area contributed by atoms with Crippen LogP contribution in [0.15, 0.2) is 0 Å². The highest BCUT2D eigenvalue weighted by Crippen LogP contribution is 2.05. The number of carbonyl (C=O) groups is 1. The van der Waals surface area contributed by atoms with Crippen molar-refractivity contribution in [3.05, 3.63) is 0 Å². The van der Waals surface area contributed by atoms with E-state index in [-0.39, 0.29) is 5.91 Å². The van der Waals surface area contributed by atoms with Crippen molar-refractivity contribution in [1.29, 1.82) is 5.26 Å². The molecule has 0 heterocycles. The smallest absolute Gasteiger partial charge is 0.220 e. The number of amides is 1. The van der Waals surface area contributed by atoms with Crippen molar-refractivity contribution in [3.63, 3.8) is 0 Å². The van der Waals surface area contributed by atoms with Gasteiger partial charge in [-0.05, 0) is 12.3 Å². The van der Waals surface area contributed by atoms with E-state index < -0.39 is 0 Å². The van der Waals surface area contributed by atoms with Crippen LogP contribution in [-0.4, -0.2) is 12.5 Å². The van der Waals surface area contributed by atoms with E-state index >= 15 is 0 Å². The molecule has 1 amide bonds. The summed E-state index contributed by atoms with van der Waals surface area (Å²) in [5.41, 5.74) is 0. The lowest BCUT2D eigenvalue weighted by Crippen LogP contribution is -2.25. The largest absolute Gasteiger partial charge is 0.356 e. The molecule has 0 aromatic heterocycles. The first-order valence-electron chi connectivity index (χ1n) is 4.84. The van der Waals surface area contributed by atoms with Gasteiger partial charge in [0.05, 0.1) is 6.07 Å².